The molecule has 0 radical (unpaired) electrons. The smallest absolute Gasteiger partial charge is 0.230 e. The number of hydrogen-bond acceptors (Lipinski definition) is 4. The van der Waals surface area contributed by atoms with E-state index in [2.05, 4.69) is 5.32 Å². The van der Waals surface area contributed by atoms with E-state index < -0.39 is 11.6 Å². The van der Waals surface area contributed by atoms with Crippen molar-refractivity contribution in [3.63, 3.8) is 0 Å². The number of benzene rings is 2. The van der Waals surface area contributed by atoms with E-state index >= 15 is 0 Å². The summed E-state index contributed by atoms with van der Waals surface area (Å²) in [5, 5.41) is 2.85. The number of hydrogen-bond donors (Lipinski definition) is 1. The first kappa shape index (κ1) is 21.0. The molecule has 0 heterocycles. The van der Waals surface area contributed by atoms with Gasteiger partial charge in [-0.2, -0.15) is 0 Å². The summed E-state index contributed by atoms with van der Waals surface area (Å²) in [5.74, 6) is -0.100. The van der Waals surface area contributed by atoms with Crippen molar-refractivity contribution in [1.82, 2.24) is 5.32 Å². The van der Waals surface area contributed by atoms with Crippen LogP contribution in [0.4, 0.5) is 8.78 Å². The molecule has 0 spiro atoms. The summed E-state index contributed by atoms with van der Waals surface area (Å²) in [5.41, 5.74) is 0.859. The highest BCUT2D eigenvalue weighted by molar-refractivity contribution is 8.00. The van der Waals surface area contributed by atoms with E-state index in [-0.39, 0.29) is 22.6 Å². The monoisotopic (exact) mass is 395 g/mol. The SMILES string of the molecule is CCOc1ccc([C@@H](C)NC(=O)CSc2cc(F)ccc2F)cc1OCC. The minimum absolute atomic E-state index is 0.0138. The van der Waals surface area contributed by atoms with Crippen LogP contribution in [0.1, 0.15) is 32.4 Å². The fraction of sp³-hybridized carbons (Fsp3) is 0.350. The lowest BCUT2D eigenvalue weighted by atomic mass is 10.1. The van der Waals surface area contributed by atoms with Crippen molar-refractivity contribution in [3.8, 4) is 11.5 Å². The van der Waals surface area contributed by atoms with Gasteiger partial charge in [-0.25, -0.2) is 8.78 Å². The Morgan fingerprint density at radius 3 is 2.48 bits per heavy atom. The minimum atomic E-state index is -0.546. The molecule has 2 aromatic carbocycles. The quantitative estimate of drug-likeness (QED) is 0.624. The van der Waals surface area contributed by atoms with Crippen LogP contribution < -0.4 is 14.8 Å². The Balaban J connectivity index is 1.99. The second kappa shape index (κ2) is 10.2. The molecule has 0 unspecified atom stereocenters. The summed E-state index contributed by atoms with van der Waals surface area (Å²) in [6.07, 6.45) is 0. The highest BCUT2D eigenvalue weighted by Crippen LogP contribution is 2.31. The summed E-state index contributed by atoms with van der Waals surface area (Å²) in [7, 11) is 0. The Hall–Kier alpha value is -2.28. The van der Waals surface area contributed by atoms with Gasteiger partial charge in [-0.1, -0.05) is 6.07 Å². The molecule has 0 fully saturated rings. The molecule has 0 aliphatic heterocycles. The van der Waals surface area contributed by atoms with Crippen LogP contribution in [0.2, 0.25) is 0 Å². The van der Waals surface area contributed by atoms with E-state index in [1.54, 1.807) is 0 Å². The number of rotatable bonds is 9. The van der Waals surface area contributed by atoms with Crippen molar-refractivity contribution in [2.45, 2.75) is 31.7 Å². The maximum absolute atomic E-state index is 13.6. The maximum atomic E-state index is 13.6. The average Bonchev–Trinajstić information content (AvgIpc) is 2.64. The zero-order valence-electron chi connectivity index (χ0n) is 15.6. The van der Waals surface area contributed by atoms with Crippen molar-refractivity contribution in [2.75, 3.05) is 19.0 Å². The van der Waals surface area contributed by atoms with Crippen molar-refractivity contribution in [2.24, 2.45) is 0 Å². The highest BCUT2D eigenvalue weighted by atomic mass is 32.2. The van der Waals surface area contributed by atoms with Crippen molar-refractivity contribution in [1.29, 1.82) is 0 Å². The van der Waals surface area contributed by atoms with Crippen LogP contribution in [0.15, 0.2) is 41.3 Å². The predicted molar refractivity (Wildman–Crippen MR) is 102 cm³/mol. The van der Waals surface area contributed by atoms with E-state index in [1.165, 1.54) is 0 Å². The minimum Gasteiger partial charge on any atom is -0.490 e. The molecule has 1 atom stereocenters. The lowest BCUT2D eigenvalue weighted by Crippen LogP contribution is -2.28. The van der Waals surface area contributed by atoms with Crippen molar-refractivity contribution >= 4 is 17.7 Å². The summed E-state index contributed by atoms with van der Waals surface area (Å²) in [6, 6.07) is 8.40. The lowest BCUT2D eigenvalue weighted by Gasteiger charge is -2.17. The van der Waals surface area contributed by atoms with E-state index in [0.717, 1.165) is 35.5 Å². The Morgan fingerprint density at radius 1 is 1.07 bits per heavy atom. The normalized spacial score (nSPS) is 11.7. The van der Waals surface area contributed by atoms with E-state index in [0.29, 0.717) is 24.7 Å². The fourth-order valence-corrected chi connectivity index (χ4v) is 3.21. The molecule has 146 valence electrons. The summed E-state index contributed by atoms with van der Waals surface area (Å²) >= 11 is 0.955. The Bertz CT molecular complexity index is 786. The van der Waals surface area contributed by atoms with E-state index in [1.807, 2.05) is 39.0 Å². The molecule has 7 heteroatoms. The molecular formula is C20H23F2NO3S. The third-order valence-electron chi connectivity index (χ3n) is 3.70. The second-order valence-electron chi connectivity index (χ2n) is 5.72. The largest absolute Gasteiger partial charge is 0.490 e. The predicted octanol–water partition coefficient (Wildman–Crippen LogP) is 4.73. The van der Waals surface area contributed by atoms with Crippen LogP contribution in [0.5, 0.6) is 11.5 Å². The summed E-state index contributed by atoms with van der Waals surface area (Å²) in [4.78, 5) is 12.3. The highest BCUT2D eigenvalue weighted by Gasteiger charge is 2.14. The molecule has 0 aromatic heterocycles. The van der Waals surface area contributed by atoms with Gasteiger partial charge in [-0.3, -0.25) is 4.79 Å². The number of nitrogens with one attached hydrogen (secondary N) is 1. The molecule has 1 N–H and O–H groups in total. The average molecular weight is 395 g/mol. The Kier molecular flexibility index (Phi) is 7.91. The zero-order chi connectivity index (χ0) is 19.8. The Labute approximate surface area is 162 Å². The van der Waals surface area contributed by atoms with Crippen molar-refractivity contribution in [3.05, 3.63) is 53.6 Å². The van der Waals surface area contributed by atoms with Gasteiger partial charge in [0.15, 0.2) is 11.5 Å². The molecule has 27 heavy (non-hydrogen) atoms. The van der Waals surface area contributed by atoms with Crippen molar-refractivity contribution < 1.29 is 23.0 Å². The Morgan fingerprint density at radius 2 is 1.78 bits per heavy atom. The fourth-order valence-electron chi connectivity index (χ4n) is 2.43. The topological polar surface area (TPSA) is 47.6 Å². The van der Waals surface area contributed by atoms with Gasteiger partial charge in [0.25, 0.3) is 0 Å². The number of carbonyl (C=O) groups is 1. The summed E-state index contributed by atoms with van der Waals surface area (Å²) < 4.78 is 37.9. The van der Waals surface area contributed by atoms with Crippen LogP contribution in [0.25, 0.3) is 0 Å². The van der Waals surface area contributed by atoms with Crippen LogP contribution in [0.3, 0.4) is 0 Å². The van der Waals surface area contributed by atoms with Gasteiger partial charge < -0.3 is 14.8 Å². The van der Waals surface area contributed by atoms with Gasteiger partial charge in [0, 0.05) is 4.90 Å². The summed E-state index contributed by atoms with van der Waals surface area (Å²) in [6.45, 7) is 6.65. The first-order valence-corrected chi connectivity index (χ1v) is 9.69. The molecule has 4 nitrogen and oxygen atoms in total. The number of halogens is 2. The van der Waals surface area contributed by atoms with Crippen LogP contribution in [-0.2, 0) is 4.79 Å². The molecule has 0 saturated heterocycles. The van der Waals surface area contributed by atoms with Gasteiger partial charge in [0.1, 0.15) is 11.6 Å². The molecule has 2 rings (SSSR count). The van der Waals surface area contributed by atoms with E-state index in [4.69, 9.17) is 9.47 Å². The number of thioether (sulfide) groups is 1. The molecule has 2 aromatic rings. The second-order valence-corrected chi connectivity index (χ2v) is 6.74. The zero-order valence-corrected chi connectivity index (χ0v) is 16.4. The van der Waals surface area contributed by atoms with Crippen LogP contribution in [0, 0.1) is 11.6 Å². The standard InChI is InChI=1S/C20H23F2NO3S/c1-4-25-17-9-6-14(10-18(17)26-5-2)13(3)23-20(24)12-27-19-11-15(21)7-8-16(19)22/h6-11,13H,4-5,12H2,1-3H3,(H,23,24)/t13-/m1/s1. The first-order valence-electron chi connectivity index (χ1n) is 8.71. The van der Waals surface area contributed by atoms with Crippen LogP contribution in [-0.4, -0.2) is 24.9 Å². The third-order valence-corrected chi connectivity index (χ3v) is 4.73. The van der Waals surface area contributed by atoms with E-state index in [9.17, 15) is 13.6 Å². The molecular weight excluding hydrogens is 372 g/mol. The van der Waals surface area contributed by atoms with Crippen LogP contribution >= 0.6 is 11.8 Å². The van der Waals surface area contributed by atoms with Gasteiger partial charge in [-0.05, 0) is 56.7 Å². The third kappa shape index (κ3) is 6.13. The lowest BCUT2D eigenvalue weighted by molar-refractivity contribution is -0.119. The molecule has 0 bridgehead atoms. The molecule has 0 aliphatic carbocycles. The molecule has 0 aliphatic rings. The molecule has 0 saturated carbocycles. The number of ether oxygens (including phenoxy) is 2. The van der Waals surface area contributed by atoms with Gasteiger partial charge >= 0.3 is 0 Å². The maximum Gasteiger partial charge on any atom is 0.230 e. The first-order chi connectivity index (χ1) is 12.9. The number of carbonyl (C=O) groups excluding carboxylic acids is 1. The van der Waals surface area contributed by atoms with Gasteiger partial charge in [0.05, 0.1) is 25.0 Å². The van der Waals surface area contributed by atoms with Gasteiger partial charge in [0.2, 0.25) is 5.91 Å². The molecule has 1 amide bonds. The van der Waals surface area contributed by atoms with Gasteiger partial charge in [-0.15, -0.1) is 11.8 Å². The number of amides is 1.